The molecule has 0 unspecified atom stereocenters. The molecule has 4 aromatic rings. The van der Waals surface area contributed by atoms with E-state index in [1.165, 1.54) is 4.90 Å². The number of hydrogen-bond donors (Lipinski definition) is 0. The molecule has 6 nitrogen and oxygen atoms in total. The molecule has 0 aliphatic carbocycles. The quantitative estimate of drug-likeness (QED) is 0.485. The number of ether oxygens (including phenoxy) is 1. The smallest absolute Gasteiger partial charge is 0.263 e. The van der Waals surface area contributed by atoms with E-state index < -0.39 is 5.82 Å². The Balaban J connectivity index is 1.48. The fourth-order valence-corrected chi connectivity index (χ4v) is 3.89. The van der Waals surface area contributed by atoms with Crippen molar-refractivity contribution in [2.24, 2.45) is 0 Å². The first-order chi connectivity index (χ1) is 15.6. The van der Waals surface area contributed by atoms with Crippen LogP contribution in [0.25, 0.3) is 5.69 Å². The summed E-state index contributed by atoms with van der Waals surface area (Å²) in [5.74, 6) is -0.262. The third kappa shape index (κ3) is 3.62. The van der Waals surface area contributed by atoms with Crippen molar-refractivity contribution in [1.82, 2.24) is 14.8 Å². The van der Waals surface area contributed by atoms with Gasteiger partial charge in [-0.15, -0.1) is 0 Å². The average Bonchev–Trinajstić information content (AvgIpc) is 3.31. The molecule has 1 aliphatic heterocycles. The molecule has 0 fully saturated rings. The van der Waals surface area contributed by atoms with Crippen molar-refractivity contribution in [1.29, 1.82) is 0 Å². The van der Waals surface area contributed by atoms with Crippen LogP contribution < -0.4 is 9.64 Å². The fourth-order valence-electron chi connectivity index (χ4n) is 3.89. The SMILES string of the molecule is Cc1c(Cc2ccc(-n3cccn3)cc2)cc2c(c1F)OCCN(c1ccccn1)C2=O. The molecule has 2 aromatic carbocycles. The summed E-state index contributed by atoms with van der Waals surface area (Å²) in [6.45, 7) is 2.21. The normalized spacial score (nSPS) is 13.4. The predicted molar refractivity (Wildman–Crippen MR) is 119 cm³/mol. The van der Waals surface area contributed by atoms with Gasteiger partial charge in [0.2, 0.25) is 0 Å². The van der Waals surface area contributed by atoms with Crippen LogP contribution in [-0.4, -0.2) is 33.8 Å². The maximum Gasteiger partial charge on any atom is 0.263 e. The third-order valence-corrected chi connectivity index (χ3v) is 5.64. The van der Waals surface area contributed by atoms with Gasteiger partial charge in [-0.2, -0.15) is 5.10 Å². The Labute approximate surface area is 184 Å². The van der Waals surface area contributed by atoms with Gasteiger partial charge < -0.3 is 4.74 Å². The minimum Gasteiger partial charge on any atom is -0.488 e. The van der Waals surface area contributed by atoms with Gasteiger partial charge in [0.15, 0.2) is 11.6 Å². The Morgan fingerprint density at radius 2 is 1.94 bits per heavy atom. The van der Waals surface area contributed by atoms with Gasteiger partial charge in [-0.05, 0) is 66.4 Å². The molecule has 0 saturated heterocycles. The number of halogens is 1. The van der Waals surface area contributed by atoms with Crippen molar-refractivity contribution in [3.05, 3.63) is 101 Å². The summed E-state index contributed by atoms with van der Waals surface area (Å²) >= 11 is 0. The number of aromatic nitrogens is 3. The molecular formula is C25H21FN4O2. The molecule has 160 valence electrons. The van der Waals surface area contributed by atoms with Crippen LogP contribution in [0.1, 0.15) is 27.0 Å². The summed E-state index contributed by atoms with van der Waals surface area (Å²) in [5, 5.41) is 4.23. The summed E-state index contributed by atoms with van der Waals surface area (Å²) in [6, 6.07) is 16.9. The zero-order valence-electron chi connectivity index (χ0n) is 17.5. The summed E-state index contributed by atoms with van der Waals surface area (Å²) in [5.41, 5.74) is 3.40. The zero-order chi connectivity index (χ0) is 22.1. The minimum atomic E-state index is -0.484. The molecule has 3 heterocycles. The molecule has 5 rings (SSSR count). The first-order valence-electron chi connectivity index (χ1n) is 10.4. The van der Waals surface area contributed by atoms with Crippen molar-refractivity contribution in [2.75, 3.05) is 18.1 Å². The second-order valence-corrected chi connectivity index (χ2v) is 7.64. The minimum absolute atomic E-state index is 0.0173. The van der Waals surface area contributed by atoms with Gasteiger partial charge >= 0.3 is 0 Å². The standard InChI is InChI=1S/C25H21FN4O2/c1-17-19(15-18-6-8-20(9-7-18)30-12-4-11-28-30)16-21-24(23(17)26)32-14-13-29(25(21)31)22-5-2-3-10-27-22/h2-12,16H,13-15H2,1H3. The molecule has 7 heteroatoms. The van der Waals surface area contributed by atoms with Crippen molar-refractivity contribution in [2.45, 2.75) is 13.3 Å². The van der Waals surface area contributed by atoms with Crippen LogP contribution in [0.5, 0.6) is 5.75 Å². The van der Waals surface area contributed by atoms with Crippen LogP contribution in [0.15, 0.2) is 73.2 Å². The van der Waals surface area contributed by atoms with E-state index in [2.05, 4.69) is 10.1 Å². The molecule has 32 heavy (non-hydrogen) atoms. The van der Waals surface area contributed by atoms with Gasteiger partial charge in [0.25, 0.3) is 5.91 Å². The number of carbonyl (C=O) groups is 1. The van der Waals surface area contributed by atoms with Crippen molar-refractivity contribution in [3.8, 4) is 11.4 Å². The van der Waals surface area contributed by atoms with Gasteiger partial charge in [-0.1, -0.05) is 18.2 Å². The van der Waals surface area contributed by atoms with Crippen LogP contribution in [0.3, 0.4) is 0 Å². The van der Waals surface area contributed by atoms with Crippen molar-refractivity contribution in [3.63, 3.8) is 0 Å². The lowest BCUT2D eigenvalue weighted by molar-refractivity contribution is 0.0988. The second kappa shape index (κ2) is 8.26. The number of benzene rings is 2. The summed E-state index contributed by atoms with van der Waals surface area (Å²) in [4.78, 5) is 19.1. The molecule has 1 aliphatic rings. The first kappa shape index (κ1) is 19.9. The fraction of sp³-hybridized carbons (Fsp3) is 0.160. The lowest BCUT2D eigenvalue weighted by Gasteiger charge is -2.19. The Kier molecular flexibility index (Phi) is 5.15. The van der Waals surface area contributed by atoms with Gasteiger partial charge in [0.05, 0.1) is 17.8 Å². The van der Waals surface area contributed by atoms with Crippen LogP contribution in [0, 0.1) is 12.7 Å². The van der Waals surface area contributed by atoms with E-state index in [4.69, 9.17) is 4.74 Å². The molecule has 0 atom stereocenters. The lowest BCUT2D eigenvalue weighted by Crippen LogP contribution is -2.33. The highest BCUT2D eigenvalue weighted by molar-refractivity contribution is 6.08. The number of hydrogen-bond acceptors (Lipinski definition) is 4. The topological polar surface area (TPSA) is 60.2 Å². The summed E-state index contributed by atoms with van der Waals surface area (Å²) in [6.07, 6.45) is 5.72. The van der Waals surface area contributed by atoms with E-state index in [0.29, 0.717) is 24.3 Å². The van der Waals surface area contributed by atoms with Crippen LogP contribution in [-0.2, 0) is 6.42 Å². The number of anilines is 1. The van der Waals surface area contributed by atoms with Gasteiger partial charge in [-0.3, -0.25) is 9.69 Å². The van der Waals surface area contributed by atoms with E-state index in [0.717, 1.165) is 16.8 Å². The van der Waals surface area contributed by atoms with E-state index in [1.54, 1.807) is 42.2 Å². The maximum absolute atomic E-state index is 15.3. The summed E-state index contributed by atoms with van der Waals surface area (Å²) in [7, 11) is 0. The maximum atomic E-state index is 15.3. The highest BCUT2D eigenvalue weighted by Crippen LogP contribution is 2.33. The van der Waals surface area contributed by atoms with Crippen LogP contribution in [0.2, 0.25) is 0 Å². The number of carbonyl (C=O) groups excluding carboxylic acids is 1. The Hall–Kier alpha value is -4.00. The second-order valence-electron chi connectivity index (χ2n) is 7.64. The van der Waals surface area contributed by atoms with Crippen LogP contribution >= 0.6 is 0 Å². The van der Waals surface area contributed by atoms with E-state index in [9.17, 15) is 4.79 Å². The zero-order valence-corrected chi connectivity index (χ0v) is 17.5. The largest absolute Gasteiger partial charge is 0.488 e. The molecule has 1 amide bonds. The molecule has 0 bridgehead atoms. The highest BCUT2D eigenvalue weighted by atomic mass is 19.1. The first-order valence-corrected chi connectivity index (χ1v) is 10.4. The molecule has 2 aromatic heterocycles. The number of pyridine rings is 1. The van der Waals surface area contributed by atoms with Crippen LogP contribution in [0.4, 0.5) is 10.2 Å². The Morgan fingerprint density at radius 3 is 2.66 bits per heavy atom. The van der Waals surface area contributed by atoms with E-state index in [1.807, 2.05) is 42.6 Å². The Morgan fingerprint density at radius 1 is 1.09 bits per heavy atom. The molecule has 0 spiro atoms. The molecule has 0 N–H and O–H groups in total. The van der Waals surface area contributed by atoms with Crippen molar-refractivity contribution >= 4 is 11.7 Å². The monoisotopic (exact) mass is 428 g/mol. The summed E-state index contributed by atoms with van der Waals surface area (Å²) < 4.78 is 22.7. The highest BCUT2D eigenvalue weighted by Gasteiger charge is 2.29. The van der Waals surface area contributed by atoms with Gasteiger partial charge in [-0.25, -0.2) is 14.1 Å². The van der Waals surface area contributed by atoms with E-state index >= 15 is 4.39 Å². The van der Waals surface area contributed by atoms with Crippen molar-refractivity contribution < 1.29 is 13.9 Å². The number of fused-ring (bicyclic) bond motifs is 1. The third-order valence-electron chi connectivity index (χ3n) is 5.64. The Bertz CT molecular complexity index is 1260. The predicted octanol–water partition coefficient (Wildman–Crippen LogP) is 4.34. The number of rotatable bonds is 4. The van der Waals surface area contributed by atoms with Gasteiger partial charge in [0, 0.05) is 18.6 Å². The number of amides is 1. The molecule has 0 saturated carbocycles. The van der Waals surface area contributed by atoms with Gasteiger partial charge in [0.1, 0.15) is 12.4 Å². The van der Waals surface area contributed by atoms with E-state index in [-0.39, 0.29) is 23.8 Å². The average molecular weight is 428 g/mol. The molecular weight excluding hydrogens is 407 g/mol. The number of nitrogens with zero attached hydrogens (tertiary/aromatic N) is 4. The molecule has 0 radical (unpaired) electrons. The lowest BCUT2D eigenvalue weighted by atomic mass is 9.96.